The summed E-state index contributed by atoms with van der Waals surface area (Å²) < 4.78 is 3.70. The van der Waals surface area contributed by atoms with Gasteiger partial charge in [-0.05, 0) is 23.8 Å². The largest absolute Gasteiger partial charge is 0.324 e. The maximum atomic E-state index is 6.16. The summed E-state index contributed by atoms with van der Waals surface area (Å²) in [6.07, 6.45) is 2.56. The lowest BCUT2D eigenvalue weighted by atomic mass is 10.0. The molecular formula is C11H12Br2N4. The highest BCUT2D eigenvalue weighted by Gasteiger charge is 2.10. The SMILES string of the molecule is Cn1cc(CC(N)c2cc(Br)cc(Br)c2)nn1. The van der Waals surface area contributed by atoms with Gasteiger partial charge in [0.25, 0.3) is 0 Å². The molecule has 1 aromatic heterocycles. The van der Waals surface area contributed by atoms with Gasteiger partial charge >= 0.3 is 0 Å². The van der Waals surface area contributed by atoms with E-state index in [4.69, 9.17) is 5.73 Å². The Balaban J connectivity index is 2.16. The Morgan fingerprint density at radius 2 is 1.94 bits per heavy atom. The fourth-order valence-electron chi connectivity index (χ4n) is 1.62. The molecule has 0 saturated carbocycles. The van der Waals surface area contributed by atoms with Crippen LogP contribution in [0.15, 0.2) is 33.3 Å². The molecule has 17 heavy (non-hydrogen) atoms. The summed E-state index contributed by atoms with van der Waals surface area (Å²) >= 11 is 6.91. The van der Waals surface area contributed by atoms with Gasteiger partial charge in [-0.2, -0.15) is 0 Å². The molecule has 90 valence electrons. The Kier molecular flexibility index (Phi) is 3.96. The molecule has 0 fully saturated rings. The Morgan fingerprint density at radius 3 is 2.47 bits per heavy atom. The Bertz CT molecular complexity index is 504. The highest BCUT2D eigenvalue weighted by Crippen LogP contribution is 2.24. The Labute approximate surface area is 116 Å². The van der Waals surface area contributed by atoms with E-state index in [2.05, 4.69) is 42.2 Å². The zero-order valence-corrected chi connectivity index (χ0v) is 12.4. The summed E-state index contributed by atoms with van der Waals surface area (Å²) in [5, 5.41) is 7.93. The second kappa shape index (κ2) is 5.29. The first kappa shape index (κ1) is 12.7. The summed E-state index contributed by atoms with van der Waals surface area (Å²) in [6.45, 7) is 0. The van der Waals surface area contributed by atoms with E-state index in [0.717, 1.165) is 20.2 Å². The van der Waals surface area contributed by atoms with Crippen LogP contribution in [-0.2, 0) is 13.5 Å². The predicted molar refractivity (Wildman–Crippen MR) is 73.5 cm³/mol. The van der Waals surface area contributed by atoms with E-state index in [1.54, 1.807) is 4.68 Å². The minimum atomic E-state index is -0.0829. The molecule has 2 N–H and O–H groups in total. The Morgan fingerprint density at radius 1 is 1.29 bits per heavy atom. The first-order chi connectivity index (χ1) is 8.04. The van der Waals surface area contributed by atoms with E-state index in [0.29, 0.717) is 6.42 Å². The maximum absolute atomic E-state index is 6.16. The van der Waals surface area contributed by atoms with Crippen LogP contribution in [0.5, 0.6) is 0 Å². The van der Waals surface area contributed by atoms with Crippen LogP contribution in [0.1, 0.15) is 17.3 Å². The third-order valence-corrected chi connectivity index (χ3v) is 3.31. The van der Waals surface area contributed by atoms with Crippen molar-refractivity contribution in [1.82, 2.24) is 15.0 Å². The molecule has 1 atom stereocenters. The van der Waals surface area contributed by atoms with Crippen LogP contribution < -0.4 is 5.73 Å². The number of hydrogen-bond donors (Lipinski definition) is 1. The molecular weight excluding hydrogens is 348 g/mol. The number of halogens is 2. The molecule has 0 saturated heterocycles. The van der Waals surface area contributed by atoms with Crippen molar-refractivity contribution in [3.63, 3.8) is 0 Å². The minimum absolute atomic E-state index is 0.0829. The number of benzene rings is 1. The van der Waals surface area contributed by atoms with Crippen molar-refractivity contribution in [2.75, 3.05) is 0 Å². The summed E-state index contributed by atoms with van der Waals surface area (Å²) in [6, 6.07) is 5.94. The van der Waals surface area contributed by atoms with Gasteiger partial charge < -0.3 is 5.73 Å². The normalized spacial score (nSPS) is 12.7. The van der Waals surface area contributed by atoms with Crippen molar-refractivity contribution in [3.8, 4) is 0 Å². The van der Waals surface area contributed by atoms with Crippen molar-refractivity contribution in [1.29, 1.82) is 0 Å². The van der Waals surface area contributed by atoms with Crippen LogP contribution in [0.25, 0.3) is 0 Å². The van der Waals surface area contributed by atoms with Crippen molar-refractivity contribution in [3.05, 3.63) is 44.6 Å². The van der Waals surface area contributed by atoms with Gasteiger partial charge in [0.05, 0.1) is 5.69 Å². The van der Waals surface area contributed by atoms with Gasteiger partial charge in [0.2, 0.25) is 0 Å². The van der Waals surface area contributed by atoms with E-state index in [9.17, 15) is 0 Å². The molecule has 0 aliphatic carbocycles. The number of rotatable bonds is 3. The maximum Gasteiger partial charge on any atom is 0.0845 e. The van der Waals surface area contributed by atoms with Gasteiger partial charge in [-0.25, -0.2) is 0 Å². The first-order valence-electron chi connectivity index (χ1n) is 5.11. The molecule has 2 aromatic rings. The van der Waals surface area contributed by atoms with E-state index >= 15 is 0 Å². The fraction of sp³-hybridized carbons (Fsp3) is 0.273. The van der Waals surface area contributed by atoms with Crippen LogP contribution in [0.2, 0.25) is 0 Å². The van der Waals surface area contributed by atoms with E-state index in [1.165, 1.54) is 0 Å². The number of nitrogens with two attached hydrogens (primary N) is 1. The highest BCUT2D eigenvalue weighted by molar-refractivity contribution is 9.11. The molecule has 0 radical (unpaired) electrons. The monoisotopic (exact) mass is 358 g/mol. The lowest BCUT2D eigenvalue weighted by Gasteiger charge is -2.11. The quantitative estimate of drug-likeness (QED) is 0.916. The summed E-state index contributed by atoms with van der Waals surface area (Å²) in [7, 11) is 1.84. The van der Waals surface area contributed by atoms with Crippen LogP contribution in [0.4, 0.5) is 0 Å². The smallest absolute Gasteiger partial charge is 0.0845 e. The molecule has 0 amide bonds. The number of hydrogen-bond acceptors (Lipinski definition) is 3. The van der Waals surface area contributed by atoms with Gasteiger partial charge in [-0.1, -0.05) is 37.1 Å². The van der Waals surface area contributed by atoms with Crippen molar-refractivity contribution < 1.29 is 0 Å². The second-order valence-corrected chi connectivity index (χ2v) is 5.73. The third-order valence-electron chi connectivity index (χ3n) is 2.39. The highest BCUT2D eigenvalue weighted by atomic mass is 79.9. The van der Waals surface area contributed by atoms with E-state index in [-0.39, 0.29) is 6.04 Å². The zero-order valence-electron chi connectivity index (χ0n) is 9.27. The van der Waals surface area contributed by atoms with Gasteiger partial charge in [-0.15, -0.1) is 5.10 Å². The van der Waals surface area contributed by atoms with Gasteiger partial charge in [0, 0.05) is 34.7 Å². The number of aryl methyl sites for hydroxylation is 1. The molecule has 1 aromatic carbocycles. The zero-order chi connectivity index (χ0) is 12.4. The second-order valence-electron chi connectivity index (χ2n) is 3.90. The van der Waals surface area contributed by atoms with Gasteiger partial charge in [0.15, 0.2) is 0 Å². The lowest BCUT2D eigenvalue weighted by molar-refractivity contribution is 0.693. The van der Waals surface area contributed by atoms with Gasteiger partial charge in [-0.3, -0.25) is 4.68 Å². The predicted octanol–water partition coefficient (Wildman–Crippen LogP) is 2.58. The molecule has 0 aliphatic heterocycles. The number of nitrogens with zero attached hydrogens (tertiary/aromatic N) is 3. The van der Waals surface area contributed by atoms with Crippen LogP contribution >= 0.6 is 31.9 Å². The number of aromatic nitrogens is 3. The minimum Gasteiger partial charge on any atom is -0.324 e. The standard InChI is InChI=1S/C11H12Br2N4/c1-17-6-10(15-16-17)5-11(14)7-2-8(12)4-9(13)3-7/h2-4,6,11H,5,14H2,1H3. The lowest BCUT2D eigenvalue weighted by Crippen LogP contribution is -2.13. The molecule has 1 heterocycles. The van der Waals surface area contributed by atoms with Crippen molar-refractivity contribution in [2.24, 2.45) is 12.8 Å². The third kappa shape index (κ3) is 3.37. The summed E-state index contributed by atoms with van der Waals surface area (Å²) in [5.41, 5.74) is 8.12. The van der Waals surface area contributed by atoms with E-state index in [1.807, 2.05) is 31.4 Å². The molecule has 0 spiro atoms. The fourth-order valence-corrected chi connectivity index (χ4v) is 2.95. The Hall–Kier alpha value is -0.720. The van der Waals surface area contributed by atoms with Gasteiger partial charge in [0.1, 0.15) is 0 Å². The molecule has 0 bridgehead atoms. The average Bonchev–Trinajstić information content (AvgIpc) is 2.62. The molecule has 2 rings (SSSR count). The summed E-state index contributed by atoms with van der Waals surface area (Å²) in [5.74, 6) is 0. The van der Waals surface area contributed by atoms with Crippen molar-refractivity contribution in [2.45, 2.75) is 12.5 Å². The topological polar surface area (TPSA) is 56.7 Å². The molecule has 0 aliphatic rings. The van der Waals surface area contributed by atoms with Crippen LogP contribution in [0.3, 0.4) is 0 Å². The van der Waals surface area contributed by atoms with E-state index < -0.39 is 0 Å². The first-order valence-corrected chi connectivity index (χ1v) is 6.70. The molecule has 6 heteroatoms. The van der Waals surface area contributed by atoms with Crippen LogP contribution in [-0.4, -0.2) is 15.0 Å². The van der Waals surface area contributed by atoms with Crippen LogP contribution in [0, 0.1) is 0 Å². The molecule has 1 unspecified atom stereocenters. The summed E-state index contributed by atoms with van der Waals surface area (Å²) in [4.78, 5) is 0. The average molecular weight is 360 g/mol. The van der Waals surface area contributed by atoms with Crippen molar-refractivity contribution >= 4 is 31.9 Å². The molecule has 4 nitrogen and oxygen atoms in total.